The maximum atomic E-state index is 10.8. The Labute approximate surface area is 104 Å². The fourth-order valence-electron chi connectivity index (χ4n) is 1.14. The summed E-state index contributed by atoms with van der Waals surface area (Å²) in [6.07, 6.45) is 0. The SMILES string of the molecule is CCOc1ccc(NN=C(C(N)=O)C(N)=O)cc1. The van der Waals surface area contributed by atoms with Crippen molar-refractivity contribution in [1.29, 1.82) is 0 Å². The van der Waals surface area contributed by atoms with E-state index in [1.165, 1.54) is 0 Å². The first-order valence-corrected chi connectivity index (χ1v) is 5.20. The molecule has 18 heavy (non-hydrogen) atoms. The Morgan fingerprint density at radius 3 is 2.22 bits per heavy atom. The van der Waals surface area contributed by atoms with Crippen LogP contribution >= 0.6 is 0 Å². The van der Waals surface area contributed by atoms with Gasteiger partial charge in [0.25, 0.3) is 11.8 Å². The lowest BCUT2D eigenvalue weighted by molar-refractivity contribution is -0.115. The second kappa shape index (κ2) is 6.24. The lowest BCUT2D eigenvalue weighted by Crippen LogP contribution is -2.36. The first kappa shape index (κ1) is 13.5. The van der Waals surface area contributed by atoms with Crippen LogP contribution in [0.3, 0.4) is 0 Å². The molecular weight excluding hydrogens is 236 g/mol. The van der Waals surface area contributed by atoms with Crippen molar-refractivity contribution in [3.05, 3.63) is 24.3 Å². The van der Waals surface area contributed by atoms with E-state index in [1.54, 1.807) is 24.3 Å². The van der Waals surface area contributed by atoms with Gasteiger partial charge in [0.15, 0.2) is 0 Å². The standard InChI is InChI=1S/C11H14N4O3/c1-2-18-8-5-3-7(4-6-8)14-15-9(10(12)16)11(13)17/h3-6,14H,2H2,1H3,(H2,12,16)(H2,13,17). The average Bonchev–Trinajstić information content (AvgIpc) is 2.31. The van der Waals surface area contributed by atoms with E-state index in [2.05, 4.69) is 10.5 Å². The van der Waals surface area contributed by atoms with Crippen LogP contribution in [0.1, 0.15) is 6.92 Å². The molecule has 0 saturated heterocycles. The molecule has 0 aliphatic heterocycles. The maximum absolute atomic E-state index is 10.8. The van der Waals surface area contributed by atoms with E-state index in [0.717, 1.165) is 0 Å². The quantitative estimate of drug-likeness (QED) is 0.368. The van der Waals surface area contributed by atoms with E-state index in [4.69, 9.17) is 16.2 Å². The molecule has 0 atom stereocenters. The van der Waals surface area contributed by atoms with Crippen LogP contribution in [0.25, 0.3) is 0 Å². The summed E-state index contributed by atoms with van der Waals surface area (Å²) >= 11 is 0. The van der Waals surface area contributed by atoms with Crippen molar-refractivity contribution in [2.75, 3.05) is 12.0 Å². The minimum Gasteiger partial charge on any atom is -0.494 e. The molecule has 0 aliphatic carbocycles. The van der Waals surface area contributed by atoms with Crippen LogP contribution in [0.15, 0.2) is 29.4 Å². The van der Waals surface area contributed by atoms with Gasteiger partial charge in [-0.3, -0.25) is 15.0 Å². The molecule has 96 valence electrons. The second-order valence-electron chi connectivity index (χ2n) is 3.26. The third-order valence-electron chi connectivity index (χ3n) is 1.93. The number of carbonyl (C=O) groups is 2. The molecule has 0 saturated carbocycles. The number of nitrogens with zero attached hydrogens (tertiary/aromatic N) is 1. The third-order valence-corrected chi connectivity index (χ3v) is 1.93. The highest BCUT2D eigenvalue weighted by Crippen LogP contribution is 2.15. The van der Waals surface area contributed by atoms with Crippen molar-refractivity contribution >= 4 is 23.2 Å². The van der Waals surface area contributed by atoms with Gasteiger partial charge in [0.1, 0.15) is 5.75 Å². The number of hydrogen-bond donors (Lipinski definition) is 3. The molecule has 2 amide bonds. The van der Waals surface area contributed by atoms with E-state index in [0.29, 0.717) is 18.0 Å². The van der Waals surface area contributed by atoms with E-state index in [-0.39, 0.29) is 0 Å². The number of primary amides is 2. The predicted octanol–water partition coefficient (Wildman–Crippen LogP) is -0.176. The smallest absolute Gasteiger partial charge is 0.274 e. The zero-order chi connectivity index (χ0) is 13.5. The largest absolute Gasteiger partial charge is 0.494 e. The summed E-state index contributed by atoms with van der Waals surface area (Å²) in [5.41, 5.74) is 12.4. The van der Waals surface area contributed by atoms with Gasteiger partial charge in [-0.2, -0.15) is 5.10 Å². The fourth-order valence-corrected chi connectivity index (χ4v) is 1.14. The van der Waals surface area contributed by atoms with Crippen LogP contribution in [-0.4, -0.2) is 24.1 Å². The minimum absolute atomic E-state index is 0.538. The maximum Gasteiger partial charge on any atom is 0.274 e. The summed E-state index contributed by atoms with van der Waals surface area (Å²) < 4.78 is 5.25. The zero-order valence-corrected chi connectivity index (χ0v) is 9.84. The second-order valence-corrected chi connectivity index (χ2v) is 3.26. The monoisotopic (exact) mass is 250 g/mol. The van der Waals surface area contributed by atoms with Crippen molar-refractivity contribution in [2.45, 2.75) is 6.92 Å². The van der Waals surface area contributed by atoms with Gasteiger partial charge in [0, 0.05) is 0 Å². The van der Waals surface area contributed by atoms with Gasteiger partial charge in [-0.05, 0) is 31.2 Å². The van der Waals surface area contributed by atoms with Crippen LogP contribution in [0.2, 0.25) is 0 Å². The van der Waals surface area contributed by atoms with Crippen molar-refractivity contribution < 1.29 is 14.3 Å². The van der Waals surface area contributed by atoms with Crippen molar-refractivity contribution in [1.82, 2.24) is 0 Å². The minimum atomic E-state index is -0.985. The molecule has 0 aromatic heterocycles. The van der Waals surface area contributed by atoms with Gasteiger partial charge < -0.3 is 16.2 Å². The number of rotatable bonds is 6. The van der Waals surface area contributed by atoms with Crippen molar-refractivity contribution in [2.24, 2.45) is 16.6 Å². The molecule has 0 aliphatic rings. The number of hydrazone groups is 1. The zero-order valence-electron chi connectivity index (χ0n) is 9.84. The first-order chi connectivity index (χ1) is 8.54. The number of nitrogens with one attached hydrogen (secondary N) is 1. The summed E-state index contributed by atoms with van der Waals surface area (Å²) in [6, 6.07) is 6.79. The highest BCUT2D eigenvalue weighted by molar-refractivity contribution is 6.64. The molecule has 0 bridgehead atoms. The van der Waals surface area contributed by atoms with Crippen molar-refractivity contribution in [3.63, 3.8) is 0 Å². The highest BCUT2D eigenvalue weighted by atomic mass is 16.5. The van der Waals surface area contributed by atoms with E-state index in [1.807, 2.05) is 6.92 Å². The Morgan fingerprint density at radius 2 is 1.78 bits per heavy atom. The van der Waals surface area contributed by atoms with Crippen molar-refractivity contribution in [3.8, 4) is 5.75 Å². The van der Waals surface area contributed by atoms with Crippen LogP contribution in [0.4, 0.5) is 5.69 Å². The number of nitrogens with two attached hydrogens (primary N) is 2. The number of carbonyl (C=O) groups excluding carboxylic acids is 2. The first-order valence-electron chi connectivity index (χ1n) is 5.20. The summed E-state index contributed by atoms with van der Waals surface area (Å²) in [5, 5.41) is 3.55. The lowest BCUT2D eigenvalue weighted by Gasteiger charge is -2.05. The average molecular weight is 250 g/mol. The van der Waals surface area contributed by atoms with Crippen LogP contribution in [-0.2, 0) is 9.59 Å². The predicted molar refractivity (Wildman–Crippen MR) is 67.1 cm³/mol. The molecule has 0 unspecified atom stereocenters. The summed E-state index contributed by atoms with van der Waals surface area (Å²) in [6.45, 7) is 2.45. The summed E-state index contributed by atoms with van der Waals surface area (Å²) in [5.74, 6) is -1.26. The van der Waals surface area contributed by atoms with Gasteiger partial charge in [0.2, 0.25) is 5.71 Å². The topological polar surface area (TPSA) is 120 Å². The summed E-state index contributed by atoms with van der Waals surface area (Å²) in [4.78, 5) is 21.7. The molecule has 5 N–H and O–H groups in total. The molecule has 0 fully saturated rings. The van der Waals surface area contributed by atoms with Crippen LogP contribution in [0, 0.1) is 0 Å². The van der Waals surface area contributed by atoms with E-state index >= 15 is 0 Å². The molecule has 0 heterocycles. The fraction of sp³-hybridized carbons (Fsp3) is 0.182. The molecule has 1 aromatic carbocycles. The van der Waals surface area contributed by atoms with Crippen LogP contribution < -0.4 is 21.6 Å². The van der Waals surface area contributed by atoms with Gasteiger partial charge in [-0.1, -0.05) is 0 Å². The van der Waals surface area contributed by atoms with Gasteiger partial charge >= 0.3 is 0 Å². The Morgan fingerprint density at radius 1 is 1.22 bits per heavy atom. The number of hydrogen-bond acceptors (Lipinski definition) is 5. The molecule has 1 aromatic rings. The molecule has 7 nitrogen and oxygen atoms in total. The molecular formula is C11H14N4O3. The van der Waals surface area contributed by atoms with Crippen LogP contribution in [0.5, 0.6) is 5.75 Å². The van der Waals surface area contributed by atoms with Gasteiger partial charge in [-0.25, -0.2) is 0 Å². The number of anilines is 1. The Balaban J connectivity index is 2.75. The number of benzene rings is 1. The molecule has 1 rings (SSSR count). The van der Waals surface area contributed by atoms with E-state index < -0.39 is 17.5 Å². The molecule has 7 heteroatoms. The Hall–Kier alpha value is -2.57. The van der Waals surface area contributed by atoms with Gasteiger partial charge in [-0.15, -0.1) is 0 Å². The Kier molecular flexibility index (Phi) is 4.67. The Bertz CT molecular complexity index is 452. The van der Waals surface area contributed by atoms with E-state index in [9.17, 15) is 9.59 Å². The third kappa shape index (κ3) is 3.78. The number of ether oxygens (including phenoxy) is 1. The van der Waals surface area contributed by atoms with Gasteiger partial charge in [0.05, 0.1) is 12.3 Å². The molecule has 0 spiro atoms. The molecule has 0 radical (unpaired) electrons. The summed E-state index contributed by atoms with van der Waals surface area (Å²) in [7, 11) is 0. The number of amides is 2. The lowest BCUT2D eigenvalue weighted by atomic mass is 10.3. The highest BCUT2D eigenvalue weighted by Gasteiger charge is 2.13. The normalized spacial score (nSPS) is 9.39.